The van der Waals surface area contributed by atoms with Crippen molar-refractivity contribution in [3.8, 4) is 17.2 Å². The topological polar surface area (TPSA) is 49.7 Å². The zero-order valence-corrected chi connectivity index (χ0v) is 15.0. The summed E-state index contributed by atoms with van der Waals surface area (Å²) < 4.78 is 6.01. The molecule has 3 heteroatoms. The van der Waals surface area contributed by atoms with E-state index in [1.165, 1.54) is 5.57 Å². The van der Waals surface area contributed by atoms with Crippen LogP contribution in [0.2, 0.25) is 0 Å². The van der Waals surface area contributed by atoms with Gasteiger partial charge < -0.3 is 14.9 Å². The van der Waals surface area contributed by atoms with Gasteiger partial charge in [-0.25, -0.2) is 0 Å². The third-order valence-electron chi connectivity index (χ3n) is 5.55. The molecule has 2 aliphatic rings. The molecule has 0 saturated heterocycles. The standard InChI is InChI=1S/C23H24O3/c1-14-3-10-19-15(2)26-22-13-17(12-21(25)23(22)20(19)11-14)5-4-16-6-8-18(24)9-7-16/h6-9,11-13,19-20,24-25H,2-5,10H2,1H3. The lowest BCUT2D eigenvalue weighted by Gasteiger charge is -2.37. The first-order valence-electron chi connectivity index (χ1n) is 9.19. The number of hydrogen-bond acceptors (Lipinski definition) is 3. The van der Waals surface area contributed by atoms with Gasteiger partial charge in [-0.2, -0.15) is 0 Å². The van der Waals surface area contributed by atoms with E-state index in [0.29, 0.717) is 5.75 Å². The van der Waals surface area contributed by atoms with Crippen molar-refractivity contribution < 1.29 is 14.9 Å². The molecular formula is C23H24O3. The van der Waals surface area contributed by atoms with Crippen LogP contribution in [0.4, 0.5) is 0 Å². The summed E-state index contributed by atoms with van der Waals surface area (Å²) in [6.07, 6.45) is 5.98. The van der Waals surface area contributed by atoms with Crippen molar-refractivity contribution in [3.63, 3.8) is 0 Å². The number of aryl methyl sites for hydroxylation is 2. The second-order valence-electron chi connectivity index (χ2n) is 7.45. The van der Waals surface area contributed by atoms with Crippen LogP contribution in [0.5, 0.6) is 17.2 Å². The molecule has 3 nitrogen and oxygen atoms in total. The van der Waals surface area contributed by atoms with Crippen LogP contribution in [0.25, 0.3) is 0 Å². The molecule has 1 aliphatic carbocycles. The molecule has 2 unspecified atom stereocenters. The van der Waals surface area contributed by atoms with E-state index in [4.69, 9.17) is 4.74 Å². The van der Waals surface area contributed by atoms with Gasteiger partial charge in [-0.1, -0.05) is 30.4 Å². The van der Waals surface area contributed by atoms with Crippen molar-refractivity contribution in [2.75, 3.05) is 0 Å². The van der Waals surface area contributed by atoms with Gasteiger partial charge in [0, 0.05) is 17.4 Å². The van der Waals surface area contributed by atoms with Crippen LogP contribution in [0.3, 0.4) is 0 Å². The molecule has 1 aliphatic heterocycles. The Morgan fingerprint density at radius 2 is 1.81 bits per heavy atom. The van der Waals surface area contributed by atoms with Gasteiger partial charge in [0.25, 0.3) is 0 Å². The van der Waals surface area contributed by atoms with Gasteiger partial charge in [0.05, 0.1) is 0 Å². The fraction of sp³-hybridized carbons (Fsp3) is 0.304. The van der Waals surface area contributed by atoms with Crippen molar-refractivity contribution in [1.82, 2.24) is 0 Å². The Kier molecular flexibility index (Phi) is 4.23. The molecule has 0 amide bonds. The second-order valence-corrected chi connectivity index (χ2v) is 7.45. The van der Waals surface area contributed by atoms with Gasteiger partial charge in [-0.3, -0.25) is 0 Å². The molecule has 2 atom stereocenters. The highest BCUT2D eigenvalue weighted by Gasteiger charge is 2.36. The first kappa shape index (κ1) is 16.8. The SMILES string of the molecule is C=C1Oc2cc(CCc3ccc(O)cc3)cc(O)c2C2C=C(C)CCC12. The van der Waals surface area contributed by atoms with E-state index in [2.05, 4.69) is 19.6 Å². The summed E-state index contributed by atoms with van der Waals surface area (Å²) >= 11 is 0. The summed E-state index contributed by atoms with van der Waals surface area (Å²) in [5.74, 6) is 2.55. The maximum absolute atomic E-state index is 10.7. The first-order valence-corrected chi connectivity index (χ1v) is 9.19. The number of allylic oxidation sites excluding steroid dienone is 3. The molecule has 2 N–H and O–H groups in total. The Labute approximate surface area is 154 Å². The molecule has 2 aromatic rings. The number of ether oxygens (including phenoxy) is 1. The molecular weight excluding hydrogens is 324 g/mol. The maximum atomic E-state index is 10.7. The normalized spacial score (nSPS) is 21.4. The predicted molar refractivity (Wildman–Crippen MR) is 103 cm³/mol. The highest BCUT2D eigenvalue weighted by molar-refractivity contribution is 5.55. The maximum Gasteiger partial charge on any atom is 0.134 e. The minimum absolute atomic E-state index is 0.158. The summed E-state index contributed by atoms with van der Waals surface area (Å²) in [5, 5.41) is 20.1. The van der Waals surface area contributed by atoms with Gasteiger partial charge in [-0.15, -0.1) is 0 Å². The molecule has 0 fully saturated rings. The first-order chi connectivity index (χ1) is 12.5. The number of phenolic OH excluding ortho intramolecular Hbond substituents is 2. The molecule has 2 aromatic carbocycles. The molecule has 4 rings (SSSR count). The lowest BCUT2D eigenvalue weighted by atomic mass is 9.74. The van der Waals surface area contributed by atoms with E-state index in [-0.39, 0.29) is 17.6 Å². The van der Waals surface area contributed by atoms with Gasteiger partial charge >= 0.3 is 0 Å². The summed E-state index contributed by atoms with van der Waals surface area (Å²) in [6.45, 7) is 6.28. The Morgan fingerprint density at radius 3 is 2.58 bits per heavy atom. The number of phenols is 2. The van der Waals surface area contributed by atoms with Crippen molar-refractivity contribution >= 4 is 0 Å². The molecule has 0 aromatic heterocycles. The van der Waals surface area contributed by atoms with E-state index >= 15 is 0 Å². The van der Waals surface area contributed by atoms with Gasteiger partial charge in [0.15, 0.2) is 0 Å². The summed E-state index contributed by atoms with van der Waals surface area (Å²) in [7, 11) is 0. The average molecular weight is 348 g/mol. The molecule has 0 saturated carbocycles. The monoisotopic (exact) mass is 348 g/mol. The van der Waals surface area contributed by atoms with Crippen molar-refractivity contribution in [2.45, 2.75) is 38.5 Å². The third kappa shape index (κ3) is 3.10. The van der Waals surface area contributed by atoms with Crippen LogP contribution >= 0.6 is 0 Å². The van der Waals surface area contributed by atoms with Crippen LogP contribution in [-0.4, -0.2) is 10.2 Å². The van der Waals surface area contributed by atoms with Crippen molar-refractivity contribution in [1.29, 1.82) is 0 Å². The number of aromatic hydroxyl groups is 2. The zero-order chi connectivity index (χ0) is 18.3. The highest BCUT2D eigenvalue weighted by atomic mass is 16.5. The largest absolute Gasteiger partial charge is 0.508 e. The van der Waals surface area contributed by atoms with Crippen LogP contribution in [0.15, 0.2) is 60.4 Å². The minimum atomic E-state index is 0.158. The van der Waals surface area contributed by atoms with E-state index in [1.807, 2.05) is 24.3 Å². The fourth-order valence-corrected chi connectivity index (χ4v) is 4.11. The summed E-state index contributed by atoms with van der Waals surface area (Å²) in [5.41, 5.74) is 4.45. The van der Waals surface area contributed by atoms with Crippen molar-refractivity contribution in [3.05, 3.63) is 77.1 Å². The van der Waals surface area contributed by atoms with Crippen LogP contribution < -0.4 is 4.74 Å². The third-order valence-corrected chi connectivity index (χ3v) is 5.55. The molecule has 0 spiro atoms. The van der Waals surface area contributed by atoms with Gasteiger partial charge in [0.1, 0.15) is 23.0 Å². The Balaban J connectivity index is 1.62. The lowest BCUT2D eigenvalue weighted by Crippen LogP contribution is -2.25. The number of fused-ring (bicyclic) bond motifs is 3. The predicted octanol–water partition coefficient (Wildman–Crippen LogP) is 5.23. The summed E-state index contributed by atoms with van der Waals surface area (Å²) in [4.78, 5) is 0. The number of hydrogen-bond donors (Lipinski definition) is 2. The van der Waals surface area contributed by atoms with E-state index in [1.54, 1.807) is 12.1 Å². The summed E-state index contributed by atoms with van der Waals surface area (Å²) in [6, 6.07) is 11.1. The molecule has 26 heavy (non-hydrogen) atoms. The van der Waals surface area contributed by atoms with Gasteiger partial charge in [-0.05, 0) is 68.0 Å². The van der Waals surface area contributed by atoms with Crippen LogP contribution in [-0.2, 0) is 12.8 Å². The molecule has 0 radical (unpaired) electrons. The minimum Gasteiger partial charge on any atom is -0.508 e. The Morgan fingerprint density at radius 1 is 1.08 bits per heavy atom. The quantitative estimate of drug-likeness (QED) is 0.747. The zero-order valence-electron chi connectivity index (χ0n) is 15.0. The molecule has 1 heterocycles. The Bertz CT molecular complexity index is 877. The van der Waals surface area contributed by atoms with Crippen molar-refractivity contribution in [2.24, 2.45) is 5.92 Å². The second kappa shape index (κ2) is 6.56. The Hall–Kier alpha value is -2.68. The highest BCUT2D eigenvalue weighted by Crippen LogP contribution is 2.51. The fourth-order valence-electron chi connectivity index (χ4n) is 4.11. The number of rotatable bonds is 3. The van der Waals surface area contributed by atoms with Crippen LogP contribution in [0, 0.1) is 5.92 Å². The van der Waals surface area contributed by atoms with Crippen LogP contribution in [0.1, 0.15) is 42.4 Å². The van der Waals surface area contributed by atoms with E-state index in [0.717, 1.165) is 53.9 Å². The average Bonchev–Trinajstić information content (AvgIpc) is 2.60. The lowest BCUT2D eigenvalue weighted by molar-refractivity contribution is 0.275. The molecule has 134 valence electrons. The van der Waals surface area contributed by atoms with E-state index < -0.39 is 0 Å². The van der Waals surface area contributed by atoms with Gasteiger partial charge in [0.2, 0.25) is 0 Å². The smallest absolute Gasteiger partial charge is 0.134 e. The number of benzene rings is 2. The van der Waals surface area contributed by atoms with E-state index in [9.17, 15) is 10.2 Å². The molecule has 0 bridgehead atoms.